The van der Waals surface area contributed by atoms with E-state index in [1.54, 1.807) is 7.11 Å². The predicted octanol–water partition coefficient (Wildman–Crippen LogP) is 3.44. The van der Waals surface area contributed by atoms with E-state index >= 15 is 0 Å². The van der Waals surface area contributed by atoms with Gasteiger partial charge in [0.05, 0.1) is 13.2 Å². The molecule has 5 heteroatoms. The summed E-state index contributed by atoms with van der Waals surface area (Å²) in [7, 11) is 3.71. The summed E-state index contributed by atoms with van der Waals surface area (Å²) >= 11 is 0. The molecule has 2 aromatic carbocycles. The molecule has 0 bridgehead atoms. The first-order valence-electron chi connectivity index (χ1n) is 8.15. The van der Waals surface area contributed by atoms with Crippen LogP contribution >= 0.6 is 0 Å². The maximum absolute atomic E-state index is 12.9. The molecule has 126 valence electrons. The number of amides is 2. The zero-order valence-corrected chi connectivity index (χ0v) is 14.1. The Labute approximate surface area is 142 Å². The number of nitrogens with zero attached hydrogens (tertiary/aromatic N) is 2. The fraction of sp³-hybridized carbons (Fsp3) is 0.316. The number of hydrogen-bond donors (Lipinski definition) is 1. The molecule has 0 aromatic heterocycles. The number of hydrogen-bond acceptors (Lipinski definition) is 3. The van der Waals surface area contributed by atoms with Crippen LogP contribution in [0.4, 0.5) is 16.2 Å². The monoisotopic (exact) mass is 325 g/mol. The van der Waals surface area contributed by atoms with Gasteiger partial charge in [0.2, 0.25) is 0 Å². The molecule has 0 saturated carbocycles. The Balaban J connectivity index is 1.80. The second-order valence-electron chi connectivity index (χ2n) is 6.07. The number of anilines is 2. The lowest BCUT2D eigenvalue weighted by Crippen LogP contribution is -2.44. The lowest BCUT2D eigenvalue weighted by atomic mass is 10.2. The van der Waals surface area contributed by atoms with E-state index in [4.69, 9.17) is 4.74 Å². The van der Waals surface area contributed by atoms with Gasteiger partial charge in [0.1, 0.15) is 5.75 Å². The molecule has 0 radical (unpaired) electrons. The molecule has 2 amide bonds. The van der Waals surface area contributed by atoms with Gasteiger partial charge in [0.15, 0.2) is 0 Å². The van der Waals surface area contributed by atoms with Gasteiger partial charge in [-0.15, -0.1) is 0 Å². The minimum Gasteiger partial charge on any atom is -0.497 e. The lowest BCUT2D eigenvalue weighted by Gasteiger charge is -2.29. The standard InChI is InChI=1S/C19H23N3O2/c1-21-13-12-17(14-21)22(16-6-4-3-5-7-16)19(23)20-15-8-10-18(24-2)11-9-15/h3-11,17H,12-14H2,1-2H3,(H,20,23). The number of rotatable bonds is 4. The Bertz CT molecular complexity index is 673. The summed E-state index contributed by atoms with van der Waals surface area (Å²) in [5.74, 6) is 0.769. The zero-order chi connectivity index (χ0) is 16.9. The molecule has 1 aliphatic heterocycles. The molecule has 3 rings (SSSR count). The molecule has 1 atom stereocenters. The smallest absolute Gasteiger partial charge is 0.326 e. The lowest BCUT2D eigenvalue weighted by molar-refractivity contribution is 0.254. The minimum atomic E-state index is -0.105. The molecule has 2 aromatic rings. The van der Waals surface area contributed by atoms with Crippen LogP contribution in [0.3, 0.4) is 0 Å². The second-order valence-corrected chi connectivity index (χ2v) is 6.07. The largest absolute Gasteiger partial charge is 0.497 e. The highest BCUT2D eigenvalue weighted by Gasteiger charge is 2.30. The molecule has 24 heavy (non-hydrogen) atoms. The summed E-state index contributed by atoms with van der Waals surface area (Å²) in [5, 5.41) is 3.00. The van der Waals surface area contributed by atoms with Crippen LogP contribution in [-0.4, -0.2) is 44.2 Å². The SMILES string of the molecule is COc1ccc(NC(=O)N(c2ccccc2)C2CCN(C)C2)cc1. The molecular formula is C19H23N3O2. The number of benzene rings is 2. The van der Waals surface area contributed by atoms with E-state index < -0.39 is 0 Å². The summed E-state index contributed by atoms with van der Waals surface area (Å²) in [6, 6.07) is 17.3. The summed E-state index contributed by atoms with van der Waals surface area (Å²) in [6.45, 7) is 1.88. The number of carbonyl (C=O) groups is 1. The highest BCUT2D eigenvalue weighted by Crippen LogP contribution is 2.24. The van der Waals surface area contributed by atoms with Gasteiger partial charge >= 0.3 is 6.03 Å². The van der Waals surface area contributed by atoms with Crippen LogP contribution in [0.15, 0.2) is 54.6 Å². The minimum absolute atomic E-state index is 0.105. The number of urea groups is 1. The van der Waals surface area contributed by atoms with Crippen molar-refractivity contribution in [3.63, 3.8) is 0 Å². The normalized spacial score (nSPS) is 17.5. The van der Waals surface area contributed by atoms with E-state index in [1.807, 2.05) is 59.5 Å². The summed E-state index contributed by atoms with van der Waals surface area (Å²) in [4.78, 5) is 17.0. The van der Waals surface area contributed by atoms with Gasteiger partial charge in [-0.25, -0.2) is 4.79 Å². The molecule has 1 saturated heterocycles. The van der Waals surface area contributed by atoms with Crippen LogP contribution in [0.25, 0.3) is 0 Å². The van der Waals surface area contributed by atoms with Gasteiger partial charge in [-0.05, 0) is 56.4 Å². The van der Waals surface area contributed by atoms with Crippen LogP contribution in [0.1, 0.15) is 6.42 Å². The van der Waals surface area contributed by atoms with Gasteiger partial charge < -0.3 is 15.0 Å². The van der Waals surface area contributed by atoms with Crippen LogP contribution < -0.4 is 15.0 Å². The molecule has 1 fully saturated rings. The van der Waals surface area contributed by atoms with Gasteiger partial charge in [-0.1, -0.05) is 18.2 Å². The first kappa shape index (κ1) is 16.3. The summed E-state index contributed by atoms with van der Waals surface area (Å²) < 4.78 is 5.16. The molecule has 1 aliphatic rings. The van der Waals surface area contributed by atoms with Crippen molar-refractivity contribution in [1.82, 2.24) is 4.90 Å². The number of likely N-dealkylation sites (N-methyl/N-ethyl adjacent to an activating group) is 1. The molecule has 5 nitrogen and oxygen atoms in total. The number of methoxy groups -OCH3 is 1. The first-order valence-corrected chi connectivity index (χ1v) is 8.15. The molecule has 1 unspecified atom stereocenters. The second kappa shape index (κ2) is 7.36. The topological polar surface area (TPSA) is 44.8 Å². The predicted molar refractivity (Wildman–Crippen MR) is 96.8 cm³/mol. The van der Waals surface area contributed by atoms with E-state index in [-0.39, 0.29) is 12.1 Å². The first-order chi connectivity index (χ1) is 11.7. The molecule has 0 aliphatic carbocycles. The highest BCUT2D eigenvalue weighted by molar-refractivity contribution is 6.02. The number of likely N-dealkylation sites (tertiary alicyclic amines) is 1. The van der Waals surface area contributed by atoms with E-state index in [9.17, 15) is 4.79 Å². The third-order valence-electron chi connectivity index (χ3n) is 4.33. The van der Waals surface area contributed by atoms with Gasteiger partial charge in [0.25, 0.3) is 0 Å². The van der Waals surface area contributed by atoms with Crippen molar-refractivity contribution in [2.75, 3.05) is 37.5 Å². The van der Waals surface area contributed by atoms with Crippen LogP contribution in [0, 0.1) is 0 Å². The van der Waals surface area contributed by atoms with Gasteiger partial charge in [0, 0.05) is 17.9 Å². The highest BCUT2D eigenvalue weighted by atomic mass is 16.5. The van der Waals surface area contributed by atoms with Gasteiger partial charge in [-0.3, -0.25) is 4.90 Å². The Hall–Kier alpha value is -2.53. The number of ether oxygens (including phenoxy) is 1. The zero-order valence-electron chi connectivity index (χ0n) is 14.1. The molecule has 1 N–H and O–H groups in total. The number of nitrogens with one attached hydrogen (secondary N) is 1. The quantitative estimate of drug-likeness (QED) is 0.936. The third-order valence-corrected chi connectivity index (χ3v) is 4.33. The van der Waals surface area contributed by atoms with Crippen molar-refractivity contribution in [3.05, 3.63) is 54.6 Å². The Morgan fingerprint density at radius 1 is 1.17 bits per heavy atom. The Morgan fingerprint density at radius 3 is 2.46 bits per heavy atom. The van der Waals surface area contributed by atoms with Crippen molar-refractivity contribution in [3.8, 4) is 5.75 Å². The van der Waals surface area contributed by atoms with E-state index in [2.05, 4.69) is 17.3 Å². The average Bonchev–Trinajstić information content (AvgIpc) is 3.02. The van der Waals surface area contributed by atoms with E-state index in [1.165, 1.54) is 0 Å². The van der Waals surface area contributed by atoms with Crippen LogP contribution in [0.5, 0.6) is 5.75 Å². The van der Waals surface area contributed by atoms with Crippen LogP contribution in [-0.2, 0) is 0 Å². The van der Waals surface area contributed by atoms with E-state index in [0.717, 1.165) is 36.6 Å². The number of para-hydroxylation sites is 1. The van der Waals surface area contributed by atoms with Crippen molar-refractivity contribution < 1.29 is 9.53 Å². The molecule has 0 spiro atoms. The fourth-order valence-corrected chi connectivity index (χ4v) is 3.06. The average molecular weight is 325 g/mol. The fourth-order valence-electron chi connectivity index (χ4n) is 3.06. The van der Waals surface area contributed by atoms with Gasteiger partial charge in [-0.2, -0.15) is 0 Å². The van der Waals surface area contributed by atoms with Crippen molar-refractivity contribution in [2.45, 2.75) is 12.5 Å². The van der Waals surface area contributed by atoms with Crippen molar-refractivity contribution in [1.29, 1.82) is 0 Å². The maximum Gasteiger partial charge on any atom is 0.326 e. The Morgan fingerprint density at radius 2 is 1.88 bits per heavy atom. The molecule has 1 heterocycles. The summed E-state index contributed by atoms with van der Waals surface area (Å²) in [5.41, 5.74) is 1.68. The summed E-state index contributed by atoms with van der Waals surface area (Å²) in [6.07, 6.45) is 0.974. The third kappa shape index (κ3) is 3.68. The molecular weight excluding hydrogens is 302 g/mol. The van der Waals surface area contributed by atoms with Crippen molar-refractivity contribution >= 4 is 17.4 Å². The number of carbonyl (C=O) groups excluding carboxylic acids is 1. The maximum atomic E-state index is 12.9. The van der Waals surface area contributed by atoms with Crippen molar-refractivity contribution in [2.24, 2.45) is 0 Å². The Kier molecular flexibility index (Phi) is 5.01. The van der Waals surface area contributed by atoms with Crippen LogP contribution in [0.2, 0.25) is 0 Å². The van der Waals surface area contributed by atoms with E-state index in [0.29, 0.717) is 0 Å².